The molecule has 0 saturated carbocycles. The van der Waals surface area contributed by atoms with Gasteiger partial charge >= 0.3 is 6.18 Å². The lowest BCUT2D eigenvalue weighted by Crippen LogP contribution is -2.28. The highest BCUT2D eigenvalue weighted by atomic mass is 32.2. The monoisotopic (exact) mass is 412 g/mol. The second-order valence-corrected chi connectivity index (χ2v) is 8.43. The van der Waals surface area contributed by atoms with Gasteiger partial charge in [-0.15, -0.1) is 0 Å². The van der Waals surface area contributed by atoms with Crippen LogP contribution in [0.25, 0.3) is 0 Å². The van der Waals surface area contributed by atoms with Crippen molar-refractivity contribution in [1.82, 2.24) is 4.31 Å². The highest BCUT2D eigenvalue weighted by Crippen LogP contribution is 2.30. The van der Waals surface area contributed by atoms with Crippen LogP contribution in [0.15, 0.2) is 53.4 Å². The molecule has 0 atom stereocenters. The van der Waals surface area contributed by atoms with Gasteiger partial charge in [-0.1, -0.05) is 18.2 Å². The Balaban J connectivity index is 1.72. The molecule has 150 valence electrons. The first-order valence-corrected chi connectivity index (χ1v) is 10.2. The van der Waals surface area contributed by atoms with E-state index in [0.29, 0.717) is 13.1 Å². The number of sulfonamides is 1. The molecule has 9 heteroatoms. The van der Waals surface area contributed by atoms with E-state index in [1.54, 1.807) is 0 Å². The Morgan fingerprint density at radius 3 is 2.39 bits per heavy atom. The lowest BCUT2D eigenvalue weighted by Gasteiger charge is -2.16. The standard InChI is InChI=1S/C19H19F3N2O3S/c20-19(21,22)15-6-4-7-16(12-15)23-13-18(25)14-5-3-8-17(11-14)28(26,27)24-9-1-2-10-24/h3-8,11-12,23H,1-2,9-10,13H2. The number of rotatable bonds is 6. The van der Waals surface area contributed by atoms with Crippen molar-refractivity contribution in [3.63, 3.8) is 0 Å². The largest absolute Gasteiger partial charge is 0.416 e. The van der Waals surface area contributed by atoms with Crippen molar-refractivity contribution >= 4 is 21.5 Å². The molecule has 1 saturated heterocycles. The maximum atomic E-state index is 12.8. The molecule has 1 N–H and O–H groups in total. The molecule has 0 amide bonds. The van der Waals surface area contributed by atoms with Crippen molar-refractivity contribution in [2.75, 3.05) is 25.0 Å². The molecule has 0 radical (unpaired) electrons. The molecule has 5 nitrogen and oxygen atoms in total. The van der Waals surface area contributed by atoms with Gasteiger partial charge in [-0.3, -0.25) is 4.79 Å². The summed E-state index contributed by atoms with van der Waals surface area (Å²) in [5, 5.41) is 2.66. The van der Waals surface area contributed by atoms with E-state index in [9.17, 15) is 26.4 Å². The molecule has 2 aromatic rings. The van der Waals surface area contributed by atoms with E-state index in [4.69, 9.17) is 0 Å². The minimum Gasteiger partial charge on any atom is -0.378 e. The number of carbonyl (C=O) groups excluding carboxylic acids is 1. The third kappa shape index (κ3) is 4.53. The molecule has 0 aromatic heterocycles. The molecule has 1 aliphatic heterocycles. The normalized spacial score (nSPS) is 15.5. The van der Waals surface area contributed by atoms with Crippen LogP contribution in [-0.4, -0.2) is 38.1 Å². The SMILES string of the molecule is O=C(CNc1cccc(C(F)(F)F)c1)c1cccc(S(=O)(=O)N2CCCC2)c1. The Kier molecular flexibility index (Phi) is 5.76. The number of nitrogens with one attached hydrogen (secondary N) is 1. The van der Waals surface area contributed by atoms with Gasteiger partial charge in [-0.2, -0.15) is 17.5 Å². The second-order valence-electron chi connectivity index (χ2n) is 6.49. The number of anilines is 1. The van der Waals surface area contributed by atoms with Gasteiger partial charge in [0.2, 0.25) is 10.0 Å². The maximum absolute atomic E-state index is 12.8. The molecule has 3 rings (SSSR count). The van der Waals surface area contributed by atoms with E-state index in [-0.39, 0.29) is 22.7 Å². The van der Waals surface area contributed by atoms with E-state index >= 15 is 0 Å². The number of Topliss-reactive ketones (excluding diaryl/α,β-unsaturated/α-hetero) is 1. The summed E-state index contributed by atoms with van der Waals surface area (Å²) in [6.45, 7) is 0.656. The summed E-state index contributed by atoms with van der Waals surface area (Å²) in [7, 11) is -3.65. The van der Waals surface area contributed by atoms with Crippen LogP contribution in [0.4, 0.5) is 18.9 Å². The summed E-state index contributed by atoms with van der Waals surface area (Å²) in [6, 6.07) is 10.3. The zero-order chi connectivity index (χ0) is 20.4. The summed E-state index contributed by atoms with van der Waals surface area (Å²) in [4.78, 5) is 12.4. The van der Waals surface area contributed by atoms with E-state index in [2.05, 4.69) is 5.32 Å². The number of benzene rings is 2. The van der Waals surface area contributed by atoms with Gasteiger partial charge in [-0.05, 0) is 43.2 Å². The van der Waals surface area contributed by atoms with E-state index < -0.39 is 27.5 Å². The van der Waals surface area contributed by atoms with Crippen LogP contribution in [0.3, 0.4) is 0 Å². The number of hydrogen-bond acceptors (Lipinski definition) is 4. The van der Waals surface area contributed by atoms with Gasteiger partial charge < -0.3 is 5.32 Å². The predicted octanol–water partition coefficient (Wildman–Crippen LogP) is 3.78. The molecule has 0 aliphatic carbocycles. The molecule has 0 bridgehead atoms. The second kappa shape index (κ2) is 7.92. The first-order chi connectivity index (χ1) is 13.2. The van der Waals surface area contributed by atoms with Crippen LogP contribution in [0, 0.1) is 0 Å². The number of nitrogens with zero attached hydrogens (tertiary/aromatic N) is 1. The van der Waals surface area contributed by atoms with Crippen LogP contribution in [0.2, 0.25) is 0 Å². The lowest BCUT2D eigenvalue weighted by atomic mass is 10.1. The fourth-order valence-corrected chi connectivity index (χ4v) is 4.56. The Hall–Kier alpha value is -2.39. The molecule has 0 unspecified atom stereocenters. The molecular formula is C19H19F3N2O3S. The number of alkyl halides is 3. The molecule has 1 fully saturated rings. The summed E-state index contributed by atoms with van der Waals surface area (Å²) < 4.78 is 64.9. The molecule has 0 spiro atoms. The molecular weight excluding hydrogens is 393 g/mol. The van der Waals surface area contributed by atoms with Crippen molar-refractivity contribution in [1.29, 1.82) is 0 Å². The van der Waals surface area contributed by atoms with Gasteiger partial charge in [0.05, 0.1) is 17.0 Å². The van der Waals surface area contributed by atoms with Crippen molar-refractivity contribution < 1.29 is 26.4 Å². The van der Waals surface area contributed by atoms with Gasteiger partial charge in [0, 0.05) is 24.3 Å². The average Bonchev–Trinajstić information content (AvgIpc) is 3.21. The van der Waals surface area contributed by atoms with Crippen LogP contribution in [0.1, 0.15) is 28.8 Å². The van der Waals surface area contributed by atoms with E-state index in [1.165, 1.54) is 40.7 Å². The minimum absolute atomic E-state index is 0.0410. The number of carbonyl (C=O) groups is 1. The minimum atomic E-state index is -4.47. The highest BCUT2D eigenvalue weighted by Gasteiger charge is 2.30. The van der Waals surface area contributed by atoms with Gasteiger partial charge in [0.1, 0.15) is 0 Å². The number of hydrogen-bond donors (Lipinski definition) is 1. The molecule has 1 aliphatic rings. The Labute approximate surface area is 161 Å². The number of halogens is 3. The summed E-state index contributed by atoms with van der Waals surface area (Å²) in [5.74, 6) is -0.420. The molecule has 2 aromatic carbocycles. The smallest absolute Gasteiger partial charge is 0.378 e. The quantitative estimate of drug-likeness (QED) is 0.734. The van der Waals surface area contributed by atoms with Gasteiger partial charge in [0.25, 0.3) is 0 Å². The Morgan fingerprint density at radius 1 is 1.04 bits per heavy atom. The fourth-order valence-electron chi connectivity index (χ4n) is 3.00. The zero-order valence-corrected chi connectivity index (χ0v) is 15.7. The third-order valence-electron chi connectivity index (χ3n) is 4.50. The van der Waals surface area contributed by atoms with Crippen LogP contribution in [0.5, 0.6) is 0 Å². The highest BCUT2D eigenvalue weighted by molar-refractivity contribution is 7.89. The van der Waals surface area contributed by atoms with Crippen LogP contribution >= 0.6 is 0 Å². The average molecular weight is 412 g/mol. The fraction of sp³-hybridized carbons (Fsp3) is 0.316. The van der Waals surface area contributed by atoms with Gasteiger partial charge in [-0.25, -0.2) is 8.42 Å². The third-order valence-corrected chi connectivity index (χ3v) is 6.40. The Morgan fingerprint density at radius 2 is 1.71 bits per heavy atom. The van der Waals surface area contributed by atoms with E-state index in [0.717, 1.165) is 25.0 Å². The molecule has 1 heterocycles. The van der Waals surface area contributed by atoms with Crippen molar-refractivity contribution in [2.45, 2.75) is 23.9 Å². The van der Waals surface area contributed by atoms with E-state index in [1.807, 2.05) is 0 Å². The number of ketones is 1. The first kappa shape index (κ1) is 20.3. The Bertz CT molecular complexity index is 968. The lowest BCUT2D eigenvalue weighted by molar-refractivity contribution is -0.137. The first-order valence-electron chi connectivity index (χ1n) is 8.72. The summed E-state index contributed by atoms with van der Waals surface area (Å²) >= 11 is 0. The van der Waals surface area contributed by atoms with Crippen LogP contribution < -0.4 is 5.32 Å². The molecule has 28 heavy (non-hydrogen) atoms. The van der Waals surface area contributed by atoms with Crippen molar-refractivity contribution in [3.05, 3.63) is 59.7 Å². The van der Waals surface area contributed by atoms with Crippen LogP contribution in [-0.2, 0) is 16.2 Å². The van der Waals surface area contributed by atoms with Crippen molar-refractivity contribution in [2.24, 2.45) is 0 Å². The van der Waals surface area contributed by atoms with Crippen molar-refractivity contribution in [3.8, 4) is 0 Å². The predicted molar refractivity (Wildman–Crippen MR) is 98.7 cm³/mol. The summed E-state index contributed by atoms with van der Waals surface area (Å²) in [6.07, 6.45) is -2.86. The topological polar surface area (TPSA) is 66.5 Å². The summed E-state index contributed by atoms with van der Waals surface area (Å²) in [5.41, 5.74) is -0.479. The van der Waals surface area contributed by atoms with Gasteiger partial charge in [0.15, 0.2) is 5.78 Å². The maximum Gasteiger partial charge on any atom is 0.416 e. The zero-order valence-electron chi connectivity index (χ0n) is 14.9.